The van der Waals surface area contributed by atoms with Crippen LogP contribution < -0.4 is 0 Å². The van der Waals surface area contributed by atoms with Gasteiger partial charge in [0.05, 0.1) is 12.7 Å². The lowest BCUT2D eigenvalue weighted by Crippen LogP contribution is -2.14. The third kappa shape index (κ3) is 16.0. The Balaban J connectivity index is 2.96. The van der Waals surface area contributed by atoms with Crippen LogP contribution in [0.4, 0.5) is 0 Å². The SMILES string of the molecule is CCCCCCCCCCCCCCOCC(O)CC. The van der Waals surface area contributed by atoms with E-state index in [-0.39, 0.29) is 6.10 Å². The van der Waals surface area contributed by atoms with Gasteiger partial charge >= 0.3 is 0 Å². The van der Waals surface area contributed by atoms with Crippen molar-refractivity contribution in [3.05, 3.63) is 0 Å². The molecule has 1 unspecified atom stereocenters. The molecule has 0 aliphatic carbocycles. The minimum absolute atomic E-state index is 0.271. The van der Waals surface area contributed by atoms with E-state index >= 15 is 0 Å². The van der Waals surface area contributed by atoms with Crippen LogP contribution in [0.3, 0.4) is 0 Å². The van der Waals surface area contributed by atoms with Gasteiger partial charge in [-0.15, -0.1) is 0 Å². The van der Waals surface area contributed by atoms with Crippen molar-refractivity contribution in [2.45, 2.75) is 103 Å². The van der Waals surface area contributed by atoms with Gasteiger partial charge in [0.1, 0.15) is 0 Å². The van der Waals surface area contributed by atoms with Crippen molar-refractivity contribution in [1.29, 1.82) is 0 Å². The molecule has 0 fully saturated rings. The second-order valence-corrected chi connectivity index (χ2v) is 6.03. The lowest BCUT2D eigenvalue weighted by Gasteiger charge is -2.08. The van der Waals surface area contributed by atoms with Crippen molar-refractivity contribution in [2.24, 2.45) is 0 Å². The van der Waals surface area contributed by atoms with Gasteiger partial charge in [0, 0.05) is 6.61 Å². The molecule has 0 amide bonds. The average Bonchev–Trinajstić information content (AvgIpc) is 2.47. The van der Waals surface area contributed by atoms with Crippen LogP contribution in [0.25, 0.3) is 0 Å². The first-order valence-corrected chi connectivity index (χ1v) is 9.07. The Morgan fingerprint density at radius 1 is 0.700 bits per heavy atom. The van der Waals surface area contributed by atoms with Gasteiger partial charge in [-0.05, 0) is 12.8 Å². The molecule has 0 aliphatic rings. The smallest absolute Gasteiger partial charge is 0.0771 e. The van der Waals surface area contributed by atoms with Crippen LogP contribution in [0.2, 0.25) is 0 Å². The molecule has 0 aromatic rings. The van der Waals surface area contributed by atoms with Crippen LogP contribution >= 0.6 is 0 Å². The molecule has 0 spiro atoms. The average molecular weight is 286 g/mol. The van der Waals surface area contributed by atoms with E-state index in [2.05, 4.69) is 6.92 Å². The summed E-state index contributed by atoms with van der Waals surface area (Å²) in [6.07, 6.45) is 17.0. The Morgan fingerprint density at radius 2 is 1.15 bits per heavy atom. The molecular weight excluding hydrogens is 248 g/mol. The maximum atomic E-state index is 9.32. The molecule has 2 heteroatoms. The second-order valence-electron chi connectivity index (χ2n) is 6.03. The molecular formula is C18H38O2. The van der Waals surface area contributed by atoms with Crippen LogP contribution in [0.15, 0.2) is 0 Å². The van der Waals surface area contributed by atoms with Crippen molar-refractivity contribution >= 4 is 0 Å². The van der Waals surface area contributed by atoms with E-state index < -0.39 is 0 Å². The lowest BCUT2D eigenvalue weighted by atomic mass is 10.1. The monoisotopic (exact) mass is 286 g/mol. The molecule has 0 aromatic carbocycles. The fourth-order valence-corrected chi connectivity index (χ4v) is 2.38. The molecule has 122 valence electrons. The van der Waals surface area contributed by atoms with Crippen LogP contribution in [-0.4, -0.2) is 24.4 Å². The van der Waals surface area contributed by atoms with Crippen LogP contribution in [0.1, 0.15) is 97.3 Å². The van der Waals surface area contributed by atoms with E-state index in [0.29, 0.717) is 6.61 Å². The zero-order valence-electron chi connectivity index (χ0n) is 14.0. The predicted molar refractivity (Wildman–Crippen MR) is 88.2 cm³/mol. The fraction of sp³-hybridized carbons (Fsp3) is 1.00. The molecule has 2 nitrogen and oxygen atoms in total. The van der Waals surface area contributed by atoms with E-state index in [1.807, 2.05) is 6.92 Å². The Hall–Kier alpha value is -0.0800. The number of aliphatic hydroxyl groups excluding tert-OH is 1. The highest BCUT2D eigenvalue weighted by Crippen LogP contribution is 2.11. The van der Waals surface area contributed by atoms with Gasteiger partial charge in [0.25, 0.3) is 0 Å². The zero-order valence-corrected chi connectivity index (χ0v) is 14.0. The molecule has 0 bridgehead atoms. The van der Waals surface area contributed by atoms with Crippen LogP contribution in [-0.2, 0) is 4.74 Å². The van der Waals surface area contributed by atoms with Gasteiger partial charge in [0.15, 0.2) is 0 Å². The van der Waals surface area contributed by atoms with E-state index in [1.165, 1.54) is 70.6 Å². The number of ether oxygens (including phenoxy) is 1. The molecule has 0 saturated heterocycles. The number of hydrogen-bond acceptors (Lipinski definition) is 2. The van der Waals surface area contributed by atoms with Gasteiger partial charge in [-0.25, -0.2) is 0 Å². The van der Waals surface area contributed by atoms with Crippen molar-refractivity contribution < 1.29 is 9.84 Å². The topological polar surface area (TPSA) is 29.5 Å². The van der Waals surface area contributed by atoms with E-state index in [9.17, 15) is 5.11 Å². The van der Waals surface area contributed by atoms with Crippen molar-refractivity contribution in [3.8, 4) is 0 Å². The number of unbranched alkanes of at least 4 members (excludes halogenated alkanes) is 11. The van der Waals surface area contributed by atoms with Crippen LogP contribution in [0.5, 0.6) is 0 Å². The summed E-state index contributed by atoms with van der Waals surface area (Å²) in [5.41, 5.74) is 0. The standard InChI is InChI=1S/C18H38O2/c1-3-5-6-7-8-9-10-11-12-13-14-15-16-20-17-18(19)4-2/h18-19H,3-17H2,1-2H3. The van der Waals surface area contributed by atoms with Gasteiger partial charge in [0.2, 0.25) is 0 Å². The van der Waals surface area contributed by atoms with Gasteiger partial charge in [-0.1, -0.05) is 84.5 Å². The molecule has 0 aliphatic heterocycles. The first-order valence-electron chi connectivity index (χ1n) is 9.07. The minimum Gasteiger partial charge on any atom is -0.391 e. The Labute approximate surface area is 127 Å². The summed E-state index contributed by atoms with van der Waals surface area (Å²) in [4.78, 5) is 0. The molecule has 1 N–H and O–H groups in total. The van der Waals surface area contributed by atoms with Crippen molar-refractivity contribution in [2.75, 3.05) is 13.2 Å². The molecule has 0 saturated carbocycles. The number of aliphatic hydroxyl groups is 1. The summed E-state index contributed by atoms with van der Waals surface area (Å²) in [6, 6.07) is 0. The highest BCUT2D eigenvalue weighted by atomic mass is 16.5. The quantitative estimate of drug-likeness (QED) is 0.381. The highest BCUT2D eigenvalue weighted by molar-refractivity contribution is 4.50. The summed E-state index contributed by atoms with van der Waals surface area (Å²) in [7, 11) is 0. The molecule has 1 atom stereocenters. The Kier molecular flexibility index (Phi) is 16.9. The first-order chi connectivity index (χ1) is 9.81. The maximum absolute atomic E-state index is 9.32. The van der Waals surface area contributed by atoms with Crippen molar-refractivity contribution in [1.82, 2.24) is 0 Å². The highest BCUT2D eigenvalue weighted by Gasteiger charge is 1.99. The summed E-state index contributed by atoms with van der Waals surface area (Å²) >= 11 is 0. The van der Waals surface area contributed by atoms with Gasteiger partial charge < -0.3 is 9.84 Å². The summed E-state index contributed by atoms with van der Waals surface area (Å²) < 4.78 is 5.43. The van der Waals surface area contributed by atoms with Crippen LogP contribution in [0, 0.1) is 0 Å². The van der Waals surface area contributed by atoms with Crippen molar-refractivity contribution in [3.63, 3.8) is 0 Å². The minimum atomic E-state index is -0.271. The van der Waals surface area contributed by atoms with E-state index in [0.717, 1.165) is 19.4 Å². The third-order valence-electron chi connectivity index (χ3n) is 3.92. The molecule has 0 rings (SSSR count). The van der Waals surface area contributed by atoms with E-state index in [4.69, 9.17) is 4.74 Å². The predicted octanol–water partition coefficient (Wildman–Crippen LogP) is 5.48. The third-order valence-corrected chi connectivity index (χ3v) is 3.92. The molecule has 20 heavy (non-hydrogen) atoms. The normalized spacial score (nSPS) is 12.8. The summed E-state index contributed by atoms with van der Waals surface area (Å²) in [5.74, 6) is 0. The summed E-state index contributed by atoms with van der Waals surface area (Å²) in [6.45, 7) is 5.58. The fourth-order valence-electron chi connectivity index (χ4n) is 2.38. The zero-order chi connectivity index (χ0) is 14.9. The summed E-state index contributed by atoms with van der Waals surface area (Å²) in [5, 5.41) is 9.32. The van der Waals surface area contributed by atoms with E-state index in [1.54, 1.807) is 0 Å². The molecule has 0 heterocycles. The lowest BCUT2D eigenvalue weighted by molar-refractivity contribution is 0.0335. The number of rotatable bonds is 16. The maximum Gasteiger partial charge on any atom is 0.0771 e. The second kappa shape index (κ2) is 17.0. The molecule has 0 aromatic heterocycles. The van der Waals surface area contributed by atoms with Gasteiger partial charge in [-0.2, -0.15) is 0 Å². The Bertz CT molecular complexity index is 171. The number of hydrogen-bond donors (Lipinski definition) is 1. The Morgan fingerprint density at radius 3 is 1.60 bits per heavy atom. The van der Waals surface area contributed by atoms with Gasteiger partial charge in [-0.3, -0.25) is 0 Å². The first kappa shape index (κ1) is 19.9. The molecule has 0 radical (unpaired) electrons. The largest absolute Gasteiger partial charge is 0.391 e.